The lowest BCUT2D eigenvalue weighted by molar-refractivity contribution is -0.120. The third-order valence-corrected chi connectivity index (χ3v) is 6.00. The number of likely N-dealkylation sites (tertiary alicyclic amines) is 1. The molecule has 1 unspecified atom stereocenters. The third kappa shape index (κ3) is 3.75. The summed E-state index contributed by atoms with van der Waals surface area (Å²) >= 11 is 6.05. The van der Waals surface area contributed by atoms with Crippen LogP contribution >= 0.6 is 11.6 Å². The first-order chi connectivity index (χ1) is 14.4. The van der Waals surface area contributed by atoms with Crippen LogP contribution < -0.4 is 4.90 Å². The molecule has 0 aromatic heterocycles. The largest absolute Gasteiger partial charge is 0.396 e. The maximum atomic E-state index is 13.6. The van der Waals surface area contributed by atoms with E-state index in [0.29, 0.717) is 40.6 Å². The molecular weight excluding hydrogens is 400 g/mol. The second kappa shape index (κ2) is 8.25. The summed E-state index contributed by atoms with van der Waals surface area (Å²) in [7, 11) is 0. The van der Waals surface area contributed by atoms with Crippen molar-refractivity contribution < 1.29 is 14.7 Å². The van der Waals surface area contributed by atoms with Gasteiger partial charge in [0.2, 0.25) is 0 Å². The van der Waals surface area contributed by atoms with Crippen molar-refractivity contribution in [2.75, 3.05) is 24.6 Å². The second-order valence-corrected chi connectivity index (χ2v) is 8.60. The number of nitrogens with zero attached hydrogens (tertiary/aromatic N) is 2. The van der Waals surface area contributed by atoms with Crippen LogP contribution in [0.2, 0.25) is 5.02 Å². The van der Waals surface area contributed by atoms with Crippen LogP contribution in [0.25, 0.3) is 5.57 Å². The predicted octanol–water partition coefficient (Wildman–Crippen LogP) is 3.95. The van der Waals surface area contributed by atoms with Crippen LogP contribution in [0, 0.1) is 19.8 Å². The number of aliphatic hydroxyl groups excluding tert-OH is 1. The summed E-state index contributed by atoms with van der Waals surface area (Å²) in [6.07, 6.45) is 1.78. The molecule has 0 bridgehead atoms. The Hall–Kier alpha value is -2.63. The Morgan fingerprint density at radius 2 is 1.70 bits per heavy atom. The summed E-state index contributed by atoms with van der Waals surface area (Å²) in [4.78, 5) is 30.4. The fraction of sp³-hybridized carbons (Fsp3) is 0.333. The molecule has 0 spiro atoms. The average molecular weight is 425 g/mol. The number of carbonyl (C=O) groups excluding carboxylic acids is 2. The first-order valence-corrected chi connectivity index (χ1v) is 10.6. The second-order valence-electron chi connectivity index (χ2n) is 8.16. The quantitative estimate of drug-likeness (QED) is 0.755. The molecule has 156 valence electrons. The Kier molecular flexibility index (Phi) is 5.67. The first kappa shape index (κ1) is 20.6. The standard InChI is InChI=1S/C24H25ClN2O3/c1-15-10-16(2)12-20(11-15)27-23(29)21(18-5-7-19(25)8-6-18)22(24(27)30)26-9-3-4-17(13-26)14-28/h5-8,10-12,17,28H,3-4,9,13-14H2,1-2H3. The molecule has 5 nitrogen and oxygen atoms in total. The molecule has 2 aromatic carbocycles. The Bertz CT molecular complexity index is 1010. The fourth-order valence-electron chi connectivity index (χ4n) is 4.42. The lowest BCUT2D eigenvalue weighted by Crippen LogP contribution is -2.40. The van der Waals surface area contributed by atoms with Crippen LogP contribution in [0.3, 0.4) is 0 Å². The van der Waals surface area contributed by atoms with Crippen LogP contribution in [-0.4, -0.2) is 41.5 Å². The van der Waals surface area contributed by atoms with Gasteiger partial charge in [-0.05, 0) is 73.6 Å². The van der Waals surface area contributed by atoms with Crippen LogP contribution in [-0.2, 0) is 9.59 Å². The Morgan fingerprint density at radius 1 is 1.03 bits per heavy atom. The number of rotatable bonds is 4. The minimum Gasteiger partial charge on any atom is -0.396 e. The van der Waals surface area contributed by atoms with E-state index < -0.39 is 0 Å². The van der Waals surface area contributed by atoms with Gasteiger partial charge < -0.3 is 10.0 Å². The fourth-order valence-corrected chi connectivity index (χ4v) is 4.55. The number of hydrogen-bond acceptors (Lipinski definition) is 4. The molecule has 1 N–H and O–H groups in total. The van der Waals surface area contributed by atoms with Crippen LogP contribution in [0.15, 0.2) is 48.2 Å². The molecule has 2 amide bonds. The zero-order chi connectivity index (χ0) is 21.4. The molecule has 2 aliphatic rings. The van der Waals surface area contributed by atoms with Gasteiger partial charge in [0.1, 0.15) is 5.70 Å². The van der Waals surface area contributed by atoms with E-state index in [1.54, 1.807) is 24.3 Å². The average Bonchev–Trinajstić information content (AvgIpc) is 2.98. The summed E-state index contributed by atoms with van der Waals surface area (Å²) in [5, 5.41) is 10.2. The van der Waals surface area contributed by atoms with Crippen molar-refractivity contribution in [3.05, 3.63) is 69.9 Å². The number of amides is 2. The topological polar surface area (TPSA) is 60.9 Å². The molecule has 1 saturated heterocycles. The van der Waals surface area contributed by atoms with Gasteiger partial charge in [0.15, 0.2) is 0 Å². The number of anilines is 1. The maximum Gasteiger partial charge on any atom is 0.282 e. The summed E-state index contributed by atoms with van der Waals surface area (Å²) in [5.74, 6) is -0.544. The molecule has 1 atom stereocenters. The van der Waals surface area contributed by atoms with Crippen LogP contribution in [0.4, 0.5) is 5.69 Å². The number of benzene rings is 2. The van der Waals surface area contributed by atoms with E-state index in [2.05, 4.69) is 0 Å². The summed E-state index contributed by atoms with van der Waals surface area (Å²) < 4.78 is 0. The minimum atomic E-state index is -0.326. The number of hydrogen-bond donors (Lipinski definition) is 1. The lowest BCUT2D eigenvalue weighted by Gasteiger charge is -2.34. The monoisotopic (exact) mass is 424 g/mol. The Balaban J connectivity index is 1.83. The van der Waals surface area contributed by atoms with E-state index in [4.69, 9.17) is 11.6 Å². The smallest absolute Gasteiger partial charge is 0.282 e. The molecular formula is C24H25ClN2O3. The van der Waals surface area contributed by atoms with Crippen molar-refractivity contribution >= 4 is 34.7 Å². The highest BCUT2D eigenvalue weighted by molar-refractivity contribution is 6.45. The van der Waals surface area contributed by atoms with Crippen molar-refractivity contribution in [2.24, 2.45) is 5.92 Å². The van der Waals surface area contributed by atoms with E-state index in [1.165, 1.54) is 4.90 Å². The SMILES string of the molecule is Cc1cc(C)cc(N2C(=O)C(c3ccc(Cl)cc3)=C(N3CCCC(CO)C3)C2=O)c1. The molecule has 2 heterocycles. The van der Waals surface area contributed by atoms with Gasteiger partial charge in [-0.15, -0.1) is 0 Å². The van der Waals surface area contributed by atoms with Gasteiger partial charge in [-0.25, -0.2) is 4.90 Å². The van der Waals surface area contributed by atoms with Crippen molar-refractivity contribution in [1.82, 2.24) is 4.90 Å². The van der Waals surface area contributed by atoms with Crippen molar-refractivity contribution in [3.63, 3.8) is 0 Å². The number of aryl methyl sites for hydroxylation is 2. The van der Waals surface area contributed by atoms with Crippen LogP contribution in [0.5, 0.6) is 0 Å². The number of imide groups is 1. The minimum absolute atomic E-state index is 0.0724. The molecule has 30 heavy (non-hydrogen) atoms. The lowest BCUT2D eigenvalue weighted by atomic mass is 9.97. The van der Waals surface area contributed by atoms with E-state index in [9.17, 15) is 14.7 Å². The van der Waals surface area contributed by atoms with E-state index in [0.717, 1.165) is 24.0 Å². The van der Waals surface area contributed by atoms with Crippen molar-refractivity contribution in [2.45, 2.75) is 26.7 Å². The number of piperidine rings is 1. The van der Waals surface area contributed by atoms with Gasteiger partial charge in [0.25, 0.3) is 11.8 Å². The number of carbonyl (C=O) groups is 2. The molecule has 0 saturated carbocycles. The zero-order valence-electron chi connectivity index (χ0n) is 17.2. The van der Waals surface area contributed by atoms with E-state index in [1.807, 2.05) is 36.9 Å². The zero-order valence-corrected chi connectivity index (χ0v) is 17.9. The highest BCUT2D eigenvalue weighted by atomic mass is 35.5. The number of aliphatic hydroxyl groups is 1. The predicted molar refractivity (Wildman–Crippen MR) is 118 cm³/mol. The molecule has 1 fully saturated rings. The number of halogens is 1. The normalized spacial score (nSPS) is 19.8. The van der Waals surface area contributed by atoms with Gasteiger partial charge in [0.05, 0.1) is 11.3 Å². The maximum absolute atomic E-state index is 13.6. The Labute approximate surface area is 181 Å². The highest BCUT2D eigenvalue weighted by Gasteiger charge is 2.43. The molecule has 6 heteroatoms. The van der Waals surface area contributed by atoms with Crippen molar-refractivity contribution in [3.8, 4) is 0 Å². The van der Waals surface area contributed by atoms with Crippen LogP contribution in [0.1, 0.15) is 29.5 Å². The third-order valence-electron chi connectivity index (χ3n) is 5.75. The molecule has 0 aliphatic carbocycles. The first-order valence-electron chi connectivity index (χ1n) is 10.2. The van der Waals surface area contributed by atoms with Gasteiger partial charge in [-0.1, -0.05) is 29.8 Å². The van der Waals surface area contributed by atoms with Gasteiger partial charge >= 0.3 is 0 Å². The molecule has 2 aliphatic heterocycles. The van der Waals surface area contributed by atoms with Gasteiger partial charge in [-0.2, -0.15) is 0 Å². The summed E-state index contributed by atoms with van der Waals surface area (Å²) in [6, 6.07) is 12.7. The molecule has 0 radical (unpaired) electrons. The summed E-state index contributed by atoms with van der Waals surface area (Å²) in [6.45, 7) is 5.22. The molecule has 2 aromatic rings. The van der Waals surface area contributed by atoms with E-state index in [-0.39, 0.29) is 24.3 Å². The highest BCUT2D eigenvalue weighted by Crippen LogP contribution is 2.37. The molecule has 4 rings (SSSR count). The Morgan fingerprint density at radius 3 is 2.33 bits per heavy atom. The summed E-state index contributed by atoms with van der Waals surface area (Å²) in [5.41, 5.74) is 4.05. The van der Waals surface area contributed by atoms with E-state index >= 15 is 0 Å². The van der Waals surface area contributed by atoms with Gasteiger partial charge in [0, 0.05) is 24.7 Å². The van der Waals surface area contributed by atoms with Gasteiger partial charge in [-0.3, -0.25) is 9.59 Å². The van der Waals surface area contributed by atoms with Crippen molar-refractivity contribution in [1.29, 1.82) is 0 Å².